The quantitative estimate of drug-likeness (QED) is 0.744. The van der Waals surface area contributed by atoms with Gasteiger partial charge in [0.15, 0.2) is 0 Å². The Balaban J connectivity index is 1.70. The molecule has 2 aliphatic rings. The van der Waals surface area contributed by atoms with E-state index in [9.17, 15) is 9.59 Å². The Morgan fingerprint density at radius 2 is 1.97 bits per heavy atom. The molecule has 0 spiro atoms. The summed E-state index contributed by atoms with van der Waals surface area (Å²) >= 11 is 0. The molecule has 0 N–H and O–H groups in total. The summed E-state index contributed by atoms with van der Waals surface area (Å²) in [5.41, 5.74) is 1.77. The second kappa shape index (κ2) is 8.44. The number of nitrogens with zero attached hydrogens (tertiary/aromatic N) is 4. The summed E-state index contributed by atoms with van der Waals surface area (Å²) < 4.78 is 7.37. The van der Waals surface area contributed by atoms with Crippen LogP contribution in [0.4, 0.5) is 4.79 Å². The first-order valence-electron chi connectivity index (χ1n) is 11.2. The highest BCUT2D eigenvalue weighted by Gasteiger charge is 2.34. The summed E-state index contributed by atoms with van der Waals surface area (Å²) in [7, 11) is 0. The topological polar surface area (TPSA) is 77.3 Å². The normalized spacial score (nSPS) is 18.0. The van der Waals surface area contributed by atoms with Crippen LogP contribution in [0.1, 0.15) is 75.3 Å². The highest BCUT2D eigenvalue weighted by molar-refractivity contribution is 5.68. The summed E-state index contributed by atoms with van der Waals surface area (Å²) in [5.74, 6) is 1.06. The number of aromatic nitrogens is 3. The monoisotopic (exact) mass is 424 g/mol. The van der Waals surface area contributed by atoms with Crippen LogP contribution < -0.4 is 5.56 Å². The molecule has 31 heavy (non-hydrogen) atoms. The van der Waals surface area contributed by atoms with E-state index < -0.39 is 5.60 Å². The molecule has 2 aromatic heterocycles. The van der Waals surface area contributed by atoms with Gasteiger partial charge in [0.25, 0.3) is 5.56 Å². The molecule has 4 rings (SSSR count). The molecule has 0 aromatic carbocycles. The summed E-state index contributed by atoms with van der Waals surface area (Å²) in [5, 5.41) is 0. The molecule has 1 unspecified atom stereocenters. The van der Waals surface area contributed by atoms with E-state index in [1.165, 1.54) is 12.8 Å². The van der Waals surface area contributed by atoms with Gasteiger partial charge in [0, 0.05) is 18.3 Å². The van der Waals surface area contributed by atoms with Gasteiger partial charge in [0.05, 0.1) is 24.0 Å². The number of rotatable bonds is 3. The molecule has 7 heteroatoms. The lowest BCUT2D eigenvalue weighted by atomic mass is 9.93. The van der Waals surface area contributed by atoms with Crippen LogP contribution in [0.3, 0.4) is 0 Å². The van der Waals surface area contributed by atoms with Crippen molar-refractivity contribution in [2.75, 3.05) is 6.54 Å². The van der Waals surface area contributed by atoms with Crippen LogP contribution in [0, 0.1) is 12.8 Å². The van der Waals surface area contributed by atoms with Gasteiger partial charge in [-0.3, -0.25) is 14.3 Å². The Bertz CT molecular complexity index is 1000. The van der Waals surface area contributed by atoms with E-state index in [1.54, 1.807) is 11.1 Å². The van der Waals surface area contributed by atoms with Crippen molar-refractivity contribution < 1.29 is 9.53 Å². The maximum absolute atomic E-state index is 13.7. The second-order valence-corrected chi connectivity index (χ2v) is 9.66. The van der Waals surface area contributed by atoms with Crippen molar-refractivity contribution in [3.8, 4) is 0 Å². The number of hydrogen-bond donors (Lipinski definition) is 0. The Morgan fingerprint density at radius 3 is 2.61 bits per heavy atom. The van der Waals surface area contributed by atoms with Gasteiger partial charge in [0.1, 0.15) is 11.4 Å². The molecule has 1 atom stereocenters. The molecule has 1 aliphatic heterocycles. The van der Waals surface area contributed by atoms with Crippen molar-refractivity contribution in [2.45, 2.75) is 78.0 Å². The van der Waals surface area contributed by atoms with E-state index in [-0.39, 0.29) is 17.7 Å². The zero-order valence-electron chi connectivity index (χ0n) is 18.9. The predicted octanol–water partition coefficient (Wildman–Crippen LogP) is 4.02. The van der Waals surface area contributed by atoms with Gasteiger partial charge in [-0.05, 0) is 65.0 Å². The van der Waals surface area contributed by atoms with Gasteiger partial charge in [0.2, 0.25) is 0 Å². The van der Waals surface area contributed by atoms with Crippen LogP contribution in [-0.4, -0.2) is 37.7 Å². The van der Waals surface area contributed by atoms with Crippen molar-refractivity contribution in [1.29, 1.82) is 0 Å². The third-order valence-corrected chi connectivity index (χ3v) is 6.21. The van der Waals surface area contributed by atoms with E-state index in [0.29, 0.717) is 42.5 Å². The zero-order chi connectivity index (χ0) is 22.2. The fraction of sp³-hybridized carbons (Fsp3) is 0.583. The van der Waals surface area contributed by atoms with Crippen LogP contribution in [0.25, 0.3) is 0 Å². The Morgan fingerprint density at radius 1 is 1.23 bits per heavy atom. The maximum Gasteiger partial charge on any atom is 0.410 e. The third kappa shape index (κ3) is 4.50. The van der Waals surface area contributed by atoms with Crippen molar-refractivity contribution in [3.05, 3.63) is 57.5 Å². The van der Waals surface area contributed by atoms with Gasteiger partial charge >= 0.3 is 6.09 Å². The Hall–Kier alpha value is -2.70. The van der Waals surface area contributed by atoms with Gasteiger partial charge in [-0.25, -0.2) is 9.78 Å². The lowest BCUT2D eigenvalue weighted by molar-refractivity contribution is 0.0219. The molecule has 2 aromatic rings. The molecule has 1 amide bonds. The number of carbonyl (C=O) groups is 1. The fourth-order valence-corrected chi connectivity index (χ4v) is 4.84. The minimum Gasteiger partial charge on any atom is -0.444 e. The molecular weight excluding hydrogens is 392 g/mol. The van der Waals surface area contributed by atoms with Gasteiger partial charge < -0.3 is 9.64 Å². The summed E-state index contributed by atoms with van der Waals surface area (Å²) in [6.07, 6.45) is 6.48. The first kappa shape index (κ1) is 21.5. The number of carbonyl (C=O) groups excluding carboxylic acids is 1. The standard InChI is InChI=1S/C24H32N4O3/c1-16-26-20-15-27(23(30)31-24(2,3)4)14-12-18(20)22(29)28(16)21(17-9-5-6-10-17)19-11-7-8-13-25-19/h7-8,11,13,17,21H,5-6,9-10,12,14-15H2,1-4H3. The van der Waals surface area contributed by atoms with Crippen LogP contribution in [0.15, 0.2) is 29.2 Å². The van der Waals surface area contributed by atoms with E-state index in [4.69, 9.17) is 9.72 Å². The Labute approximate surface area is 183 Å². The SMILES string of the molecule is Cc1nc2c(c(=O)n1C(c1ccccn1)C1CCCC1)CCN(C(=O)OC(C)(C)C)C2. The maximum atomic E-state index is 13.7. The fourth-order valence-electron chi connectivity index (χ4n) is 4.84. The van der Waals surface area contributed by atoms with Crippen LogP contribution in [-0.2, 0) is 17.7 Å². The largest absolute Gasteiger partial charge is 0.444 e. The van der Waals surface area contributed by atoms with Crippen LogP contribution in [0.2, 0.25) is 0 Å². The minimum absolute atomic E-state index is 0.00823. The van der Waals surface area contributed by atoms with Crippen molar-refractivity contribution >= 4 is 6.09 Å². The third-order valence-electron chi connectivity index (χ3n) is 6.21. The van der Waals surface area contributed by atoms with Gasteiger partial charge in [-0.15, -0.1) is 0 Å². The van der Waals surface area contributed by atoms with E-state index in [0.717, 1.165) is 18.5 Å². The van der Waals surface area contributed by atoms with Gasteiger partial charge in [-0.2, -0.15) is 0 Å². The number of fused-ring (bicyclic) bond motifs is 1. The molecule has 0 radical (unpaired) electrons. The van der Waals surface area contributed by atoms with Crippen LogP contribution in [0.5, 0.6) is 0 Å². The molecule has 0 saturated heterocycles. The van der Waals surface area contributed by atoms with Crippen molar-refractivity contribution in [2.24, 2.45) is 5.92 Å². The lowest BCUT2D eigenvalue weighted by Gasteiger charge is -2.32. The molecule has 1 fully saturated rings. The number of ether oxygens (including phenoxy) is 1. The molecule has 166 valence electrons. The van der Waals surface area contributed by atoms with Crippen LogP contribution >= 0.6 is 0 Å². The summed E-state index contributed by atoms with van der Waals surface area (Å²) in [6, 6.07) is 5.80. The molecule has 1 aliphatic carbocycles. The number of aryl methyl sites for hydroxylation is 1. The minimum atomic E-state index is -0.554. The first-order chi connectivity index (χ1) is 14.7. The van der Waals surface area contributed by atoms with Gasteiger partial charge in [-0.1, -0.05) is 18.9 Å². The van der Waals surface area contributed by atoms with Crippen molar-refractivity contribution in [3.63, 3.8) is 0 Å². The summed E-state index contributed by atoms with van der Waals surface area (Å²) in [4.78, 5) is 37.2. The van der Waals surface area contributed by atoms with E-state index >= 15 is 0 Å². The molecular formula is C24H32N4O3. The predicted molar refractivity (Wildman–Crippen MR) is 118 cm³/mol. The summed E-state index contributed by atoms with van der Waals surface area (Å²) in [6.45, 7) is 8.21. The van der Waals surface area contributed by atoms with E-state index in [1.807, 2.05) is 50.5 Å². The number of amides is 1. The number of hydrogen-bond acceptors (Lipinski definition) is 5. The Kier molecular flexibility index (Phi) is 5.86. The molecule has 3 heterocycles. The average molecular weight is 425 g/mol. The molecule has 1 saturated carbocycles. The lowest BCUT2D eigenvalue weighted by Crippen LogP contribution is -2.44. The van der Waals surface area contributed by atoms with Crippen molar-refractivity contribution in [1.82, 2.24) is 19.4 Å². The second-order valence-electron chi connectivity index (χ2n) is 9.66. The highest BCUT2D eigenvalue weighted by Crippen LogP contribution is 2.37. The molecule has 7 nitrogen and oxygen atoms in total. The number of pyridine rings is 1. The van der Waals surface area contributed by atoms with E-state index in [2.05, 4.69) is 4.98 Å². The highest BCUT2D eigenvalue weighted by atomic mass is 16.6. The average Bonchev–Trinajstić information content (AvgIpc) is 3.24. The first-order valence-corrected chi connectivity index (χ1v) is 11.2. The molecule has 0 bridgehead atoms. The zero-order valence-corrected chi connectivity index (χ0v) is 18.9. The smallest absolute Gasteiger partial charge is 0.410 e.